The Kier molecular flexibility index (Phi) is 7.54. The van der Waals surface area contributed by atoms with Crippen LogP contribution in [0.15, 0.2) is 48.5 Å². The van der Waals surface area contributed by atoms with E-state index in [4.69, 9.17) is 16.2 Å². The van der Waals surface area contributed by atoms with E-state index in [9.17, 15) is 14.4 Å². The summed E-state index contributed by atoms with van der Waals surface area (Å²) in [6.45, 7) is 1.95. The molecule has 10 heteroatoms. The maximum absolute atomic E-state index is 14.1. The predicted octanol–water partition coefficient (Wildman–Crippen LogP) is 3.59. The second kappa shape index (κ2) is 10.8. The third-order valence-electron chi connectivity index (χ3n) is 6.31. The fraction of sp³-hybridized carbons (Fsp3) is 0.308. The molecule has 3 amide bonds. The van der Waals surface area contributed by atoms with Gasteiger partial charge in [-0.15, -0.1) is 0 Å². The molecule has 1 saturated carbocycles. The van der Waals surface area contributed by atoms with Crippen molar-refractivity contribution in [3.63, 3.8) is 0 Å². The number of rotatable bonds is 8. The summed E-state index contributed by atoms with van der Waals surface area (Å²) >= 11 is 0.775. The van der Waals surface area contributed by atoms with Crippen LogP contribution in [0.4, 0.5) is 11.4 Å². The molecule has 1 heterocycles. The highest BCUT2D eigenvalue weighted by molar-refractivity contribution is 7.09. The smallest absolute Gasteiger partial charge is 0.273 e. The van der Waals surface area contributed by atoms with Crippen LogP contribution in [0.3, 0.4) is 0 Å². The van der Waals surface area contributed by atoms with Gasteiger partial charge in [0, 0.05) is 17.8 Å². The summed E-state index contributed by atoms with van der Waals surface area (Å²) in [5.41, 5.74) is 13.3. The van der Waals surface area contributed by atoms with Crippen molar-refractivity contribution < 1.29 is 19.1 Å². The van der Waals surface area contributed by atoms with Crippen LogP contribution < -0.4 is 26.4 Å². The predicted molar refractivity (Wildman–Crippen MR) is 139 cm³/mol. The van der Waals surface area contributed by atoms with Gasteiger partial charge in [-0.05, 0) is 49.0 Å². The van der Waals surface area contributed by atoms with Crippen LogP contribution in [0.25, 0.3) is 0 Å². The molecule has 1 atom stereocenters. The topological polar surface area (TPSA) is 141 Å². The van der Waals surface area contributed by atoms with Gasteiger partial charge < -0.3 is 21.5 Å². The molecule has 1 aromatic heterocycles. The fourth-order valence-corrected chi connectivity index (χ4v) is 5.14. The third-order valence-corrected chi connectivity index (χ3v) is 7.16. The standard InChI is InChI=1S/C26H29N5O4S/c1-15-10-12-16(13-11-15)22(25(33)29-17-6-3-4-7-17)31(18-8-5-9-19(14-18)35-2)26(34)23-20(27)21(24(28)32)30-36-23/h5,8-14,17,22H,3-4,6-7,27H2,1-2H3,(H2,28,32)(H,29,33). The number of aromatic nitrogens is 1. The van der Waals surface area contributed by atoms with Gasteiger partial charge in [-0.1, -0.05) is 48.7 Å². The molecule has 1 aliphatic carbocycles. The Morgan fingerprint density at radius 3 is 2.44 bits per heavy atom. The molecular formula is C26H29N5O4S. The second-order valence-corrected chi connectivity index (χ2v) is 9.59. The minimum atomic E-state index is -1.01. The van der Waals surface area contributed by atoms with Crippen molar-refractivity contribution in [2.45, 2.75) is 44.7 Å². The number of hydrogen-bond acceptors (Lipinski definition) is 7. The fourth-order valence-electron chi connectivity index (χ4n) is 4.40. The molecule has 0 radical (unpaired) electrons. The monoisotopic (exact) mass is 507 g/mol. The van der Waals surface area contributed by atoms with E-state index in [0.29, 0.717) is 17.0 Å². The van der Waals surface area contributed by atoms with E-state index in [0.717, 1.165) is 42.8 Å². The van der Waals surface area contributed by atoms with Crippen LogP contribution >= 0.6 is 11.5 Å². The van der Waals surface area contributed by atoms with Gasteiger partial charge in [0.1, 0.15) is 16.7 Å². The first-order chi connectivity index (χ1) is 17.3. The zero-order chi connectivity index (χ0) is 25.8. The number of nitrogen functional groups attached to an aromatic ring is 1. The number of hydrogen-bond donors (Lipinski definition) is 3. The van der Waals surface area contributed by atoms with Gasteiger partial charge >= 0.3 is 0 Å². The van der Waals surface area contributed by atoms with E-state index >= 15 is 0 Å². The van der Waals surface area contributed by atoms with Crippen molar-refractivity contribution in [2.75, 3.05) is 17.7 Å². The van der Waals surface area contributed by atoms with Crippen molar-refractivity contribution >= 4 is 40.6 Å². The first-order valence-electron chi connectivity index (χ1n) is 11.7. The van der Waals surface area contributed by atoms with Crippen LogP contribution in [-0.4, -0.2) is 35.2 Å². The van der Waals surface area contributed by atoms with Crippen LogP contribution in [0.2, 0.25) is 0 Å². The molecule has 36 heavy (non-hydrogen) atoms. The number of carbonyl (C=O) groups is 3. The van der Waals surface area contributed by atoms with Gasteiger partial charge in [0.15, 0.2) is 5.69 Å². The minimum Gasteiger partial charge on any atom is -0.497 e. The molecule has 1 aliphatic rings. The molecule has 1 unspecified atom stereocenters. The largest absolute Gasteiger partial charge is 0.497 e. The summed E-state index contributed by atoms with van der Waals surface area (Å²) in [7, 11) is 1.52. The summed E-state index contributed by atoms with van der Waals surface area (Å²) in [6, 6.07) is 13.4. The lowest BCUT2D eigenvalue weighted by Gasteiger charge is -2.32. The molecule has 1 fully saturated rings. The lowest BCUT2D eigenvalue weighted by molar-refractivity contribution is -0.123. The van der Waals surface area contributed by atoms with Crippen LogP contribution in [0.5, 0.6) is 5.75 Å². The van der Waals surface area contributed by atoms with Crippen LogP contribution in [0, 0.1) is 6.92 Å². The number of ether oxygens (including phenoxy) is 1. The molecule has 9 nitrogen and oxygen atoms in total. The normalized spacial score (nSPS) is 14.3. The highest BCUT2D eigenvalue weighted by Crippen LogP contribution is 2.35. The number of benzene rings is 2. The second-order valence-electron chi connectivity index (χ2n) is 8.82. The SMILES string of the molecule is COc1cccc(N(C(=O)c2snc(C(N)=O)c2N)C(C(=O)NC2CCCC2)c2ccc(C)cc2)c1. The van der Waals surface area contributed by atoms with E-state index in [1.165, 1.54) is 12.0 Å². The Labute approximate surface area is 213 Å². The molecule has 0 spiro atoms. The average Bonchev–Trinajstić information content (AvgIpc) is 3.52. The Morgan fingerprint density at radius 2 is 1.83 bits per heavy atom. The van der Waals surface area contributed by atoms with Gasteiger partial charge in [0.25, 0.3) is 11.8 Å². The van der Waals surface area contributed by atoms with Gasteiger partial charge in [0.2, 0.25) is 5.91 Å². The van der Waals surface area contributed by atoms with E-state index in [-0.39, 0.29) is 28.2 Å². The highest BCUT2D eigenvalue weighted by Gasteiger charge is 2.37. The molecular weight excluding hydrogens is 478 g/mol. The average molecular weight is 508 g/mol. The number of amides is 3. The number of nitrogens with zero attached hydrogens (tertiary/aromatic N) is 2. The quantitative estimate of drug-likeness (QED) is 0.426. The minimum absolute atomic E-state index is 0.0254. The first kappa shape index (κ1) is 25.2. The number of anilines is 2. The first-order valence-corrected chi connectivity index (χ1v) is 12.5. The van der Waals surface area contributed by atoms with Crippen molar-refractivity contribution in [3.05, 3.63) is 70.2 Å². The Bertz CT molecular complexity index is 1270. The van der Waals surface area contributed by atoms with Crippen molar-refractivity contribution in [1.29, 1.82) is 0 Å². The Hall–Kier alpha value is -3.92. The zero-order valence-corrected chi connectivity index (χ0v) is 21.0. The number of nitrogens with two attached hydrogens (primary N) is 2. The van der Waals surface area contributed by atoms with E-state index in [1.807, 2.05) is 31.2 Å². The highest BCUT2D eigenvalue weighted by atomic mass is 32.1. The van der Waals surface area contributed by atoms with Gasteiger partial charge in [-0.3, -0.25) is 19.3 Å². The van der Waals surface area contributed by atoms with E-state index in [2.05, 4.69) is 9.69 Å². The molecule has 0 bridgehead atoms. The van der Waals surface area contributed by atoms with Crippen molar-refractivity contribution in [2.24, 2.45) is 5.73 Å². The van der Waals surface area contributed by atoms with E-state index < -0.39 is 17.9 Å². The molecule has 0 saturated heterocycles. The Morgan fingerprint density at radius 1 is 1.14 bits per heavy atom. The number of carbonyl (C=O) groups excluding carboxylic acids is 3. The van der Waals surface area contributed by atoms with Gasteiger partial charge in [0.05, 0.1) is 12.8 Å². The lowest BCUT2D eigenvalue weighted by Crippen LogP contribution is -2.46. The molecule has 0 aliphatic heterocycles. The van der Waals surface area contributed by atoms with Crippen molar-refractivity contribution in [3.8, 4) is 5.75 Å². The number of nitrogens with one attached hydrogen (secondary N) is 1. The third kappa shape index (κ3) is 5.18. The molecule has 4 rings (SSSR count). The number of methoxy groups -OCH3 is 1. The van der Waals surface area contributed by atoms with E-state index in [1.54, 1.807) is 24.3 Å². The zero-order valence-electron chi connectivity index (χ0n) is 20.2. The van der Waals surface area contributed by atoms with Gasteiger partial charge in [-0.25, -0.2) is 0 Å². The summed E-state index contributed by atoms with van der Waals surface area (Å²) in [5, 5.41) is 3.13. The van der Waals surface area contributed by atoms with Crippen LogP contribution in [-0.2, 0) is 4.79 Å². The molecule has 5 N–H and O–H groups in total. The molecule has 2 aromatic carbocycles. The summed E-state index contributed by atoms with van der Waals surface area (Å²) in [4.78, 5) is 41.1. The number of primary amides is 1. The lowest BCUT2D eigenvalue weighted by atomic mass is 10.0. The van der Waals surface area contributed by atoms with Crippen LogP contribution in [0.1, 0.15) is 63.0 Å². The maximum Gasteiger partial charge on any atom is 0.273 e. The Balaban J connectivity index is 1.86. The summed E-state index contributed by atoms with van der Waals surface area (Å²) < 4.78 is 9.37. The van der Waals surface area contributed by atoms with Crippen molar-refractivity contribution in [1.82, 2.24) is 9.69 Å². The summed E-state index contributed by atoms with van der Waals surface area (Å²) in [6.07, 6.45) is 3.88. The maximum atomic E-state index is 14.1. The van der Waals surface area contributed by atoms with Gasteiger partial charge in [-0.2, -0.15) is 4.37 Å². The summed E-state index contributed by atoms with van der Waals surface area (Å²) in [5.74, 6) is -1.19. The number of aryl methyl sites for hydroxylation is 1. The molecule has 188 valence electrons. The molecule has 3 aromatic rings.